The van der Waals surface area contributed by atoms with Gasteiger partial charge < -0.3 is 29.7 Å². The van der Waals surface area contributed by atoms with Gasteiger partial charge in [0.1, 0.15) is 18.4 Å². The Labute approximate surface area is 296 Å². The average Bonchev–Trinajstić information content (AvgIpc) is 3.02. The van der Waals surface area contributed by atoms with Gasteiger partial charge in [-0.05, 0) is 69.9 Å². The predicted molar refractivity (Wildman–Crippen MR) is 195 cm³/mol. The predicted octanol–water partition coefficient (Wildman–Crippen LogP) is 3.35. The maximum Gasteiger partial charge on any atom is 0.245 e. The number of allylic oxidation sites excluding steroid dienone is 1. The topological polar surface area (TPSA) is 139 Å². The number of nitrogens with one attached hydrogen (secondary N) is 2. The van der Waals surface area contributed by atoms with Crippen molar-refractivity contribution in [1.82, 2.24) is 30.2 Å². The lowest BCUT2D eigenvalue weighted by atomic mass is 9.93. The number of amides is 4. The Balaban J connectivity index is 5.95. The van der Waals surface area contributed by atoms with E-state index in [-0.39, 0.29) is 49.0 Å². The van der Waals surface area contributed by atoms with Gasteiger partial charge in [0.05, 0.1) is 12.6 Å². The van der Waals surface area contributed by atoms with E-state index in [0.29, 0.717) is 25.5 Å². The summed E-state index contributed by atoms with van der Waals surface area (Å²) >= 11 is 0. The van der Waals surface area contributed by atoms with Gasteiger partial charge in [-0.2, -0.15) is 0 Å². The highest BCUT2D eigenvalue weighted by Gasteiger charge is 2.41. The highest BCUT2D eigenvalue weighted by Crippen LogP contribution is 2.22. The standard InChI is InChI=1S/C37H68N6O6/c1-14-30(36(49)41(11)23-34(47)43(13)37(25-45,22-27(4)5)39-31(24-44)28(6)7)38-35(48)32(42(12)33(46)21-26(2)3)19-18-29(8)17-15-16-20-40(9)10/h15-16,24-32,39H,14,17-23H2,1-13H3,(H,38,48)/b16-15+/t29-,30-,31-,32+,37-/m1/s1. The zero-order chi connectivity index (χ0) is 38.1. The van der Waals surface area contributed by atoms with Crippen LogP contribution in [0.3, 0.4) is 0 Å². The SMILES string of the molecule is CC[C@@H](NC(=O)[C@H](CC[C@H](C)C/C=C/CN(C)C)N(C)C(=O)CC(C)C)C(=O)N(C)CC(=O)N(C)[C@@](C=O)(CC(C)C)N[C@H](C=O)C(C)C. The zero-order valence-corrected chi connectivity index (χ0v) is 32.7. The first-order valence-electron chi connectivity index (χ1n) is 17.8. The summed E-state index contributed by atoms with van der Waals surface area (Å²) in [6.07, 6.45) is 8.46. The van der Waals surface area contributed by atoms with Crippen LogP contribution in [-0.2, 0) is 28.8 Å². The number of hydrogen-bond donors (Lipinski definition) is 2. The van der Waals surface area contributed by atoms with E-state index in [1.165, 1.54) is 28.8 Å². The van der Waals surface area contributed by atoms with Crippen molar-refractivity contribution in [2.75, 3.05) is 48.3 Å². The Morgan fingerprint density at radius 1 is 0.816 bits per heavy atom. The Bertz CT molecular complexity index is 1090. The maximum atomic E-state index is 13.8. The van der Waals surface area contributed by atoms with Gasteiger partial charge >= 0.3 is 0 Å². The monoisotopic (exact) mass is 693 g/mol. The molecule has 12 heteroatoms. The fourth-order valence-corrected chi connectivity index (χ4v) is 5.55. The van der Waals surface area contributed by atoms with E-state index in [9.17, 15) is 28.8 Å². The van der Waals surface area contributed by atoms with E-state index in [2.05, 4.69) is 34.6 Å². The quantitative estimate of drug-likeness (QED) is 0.0893. The van der Waals surface area contributed by atoms with E-state index >= 15 is 0 Å². The van der Waals surface area contributed by atoms with Crippen LogP contribution in [0.4, 0.5) is 0 Å². The Kier molecular flexibility index (Phi) is 21.1. The summed E-state index contributed by atoms with van der Waals surface area (Å²) in [5, 5.41) is 5.96. The van der Waals surface area contributed by atoms with Gasteiger partial charge in [0, 0.05) is 34.1 Å². The second-order valence-corrected chi connectivity index (χ2v) is 15.1. The molecule has 49 heavy (non-hydrogen) atoms. The maximum absolute atomic E-state index is 13.8. The van der Waals surface area contributed by atoms with Crippen LogP contribution < -0.4 is 10.6 Å². The Hall–Kier alpha value is -3.12. The van der Waals surface area contributed by atoms with Crippen molar-refractivity contribution in [1.29, 1.82) is 0 Å². The molecule has 0 aliphatic rings. The molecule has 0 rings (SSSR count). The van der Waals surface area contributed by atoms with Crippen molar-refractivity contribution < 1.29 is 28.8 Å². The number of nitrogens with zero attached hydrogens (tertiary/aromatic N) is 4. The van der Waals surface area contributed by atoms with Gasteiger partial charge in [-0.15, -0.1) is 0 Å². The zero-order valence-electron chi connectivity index (χ0n) is 32.7. The molecule has 4 amide bonds. The molecule has 0 aromatic heterocycles. The Morgan fingerprint density at radius 3 is 1.90 bits per heavy atom. The van der Waals surface area contributed by atoms with Gasteiger partial charge in [0.2, 0.25) is 23.6 Å². The molecule has 0 bridgehead atoms. The summed E-state index contributed by atoms with van der Waals surface area (Å²) < 4.78 is 0. The molecule has 0 spiro atoms. The minimum atomic E-state index is -1.46. The molecule has 282 valence electrons. The molecule has 5 atom stereocenters. The molecule has 0 heterocycles. The first kappa shape index (κ1) is 45.9. The Morgan fingerprint density at radius 2 is 1.43 bits per heavy atom. The first-order chi connectivity index (χ1) is 22.8. The highest BCUT2D eigenvalue weighted by molar-refractivity contribution is 5.93. The van der Waals surface area contributed by atoms with E-state index in [1.807, 2.05) is 55.6 Å². The van der Waals surface area contributed by atoms with E-state index in [0.717, 1.165) is 19.3 Å². The molecular weight excluding hydrogens is 624 g/mol. The summed E-state index contributed by atoms with van der Waals surface area (Å²) in [5.41, 5.74) is -1.46. The van der Waals surface area contributed by atoms with Crippen molar-refractivity contribution in [2.45, 2.75) is 118 Å². The molecule has 0 aliphatic heterocycles. The van der Waals surface area contributed by atoms with E-state index in [4.69, 9.17) is 0 Å². The number of carbonyl (C=O) groups excluding carboxylic acids is 6. The lowest BCUT2D eigenvalue weighted by molar-refractivity contribution is -0.148. The summed E-state index contributed by atoms with van der Waals surface area (Å²) in [6, 6.07) is -2.36. The highest BCUT2D eigenvalue weighted by atomic mass is 16.2. The van der Waals surface area contributed by atoms with Crippen LogP contribution in [0.1, 0.15) is 93.9 Å². The molecule has 2 N–H and O–H groups in total. The lowest BCUT2D eigenvalue weighted by Gasteiger charge is -2.42. The van der Waals surface area contributed by atoms with E-state index < -0.39 is 41.5 Å². The van der Waals surface area contributed by atoms with Crippen molar-refractivity contribution >= 4 is 36.2 Å². The molecule has 0 aromatic carbocycles. The smallest absolute Gasteiger partial charge is 0.245 e. The van der Waals surface area contributed by atoms with Crippen molar-refractivity contribution in [3.05, 3.63) is 12.2 Å². The molecule has 0 unspecified atom stereocenters. The second-order valence-electron chi connectivity index (χ2n) is 15.1. The van der Waals surface area contributed by atoms with Crippen LogP contribution in [0.2, 0.25) is 0 Å². The largest absolute Gasteiger partial charge is 0.343 e. The lowest BCUT2D eigenvalue weighted by Crippen LogP contribution is -2.66. The van der Waals surface area contributed by atoms with Crippen LogP contribution in [0, 0.1) is 23.7 Å². The third-order valence-corrected chi connectivity index (χ3v) is 8.79. The molecule has 0 aromatic rings. The van der Waals surface area contributed by atoms with Gasteiger partial charge in [0.25, 0.3) is 0 Å². The van der Waals surface area contributed by atoms with E-state index in [1.54, 1.807) is 14.0 Å². The summed E-state index contributed by atoms with van der Waals surface area (Å²) in [6.45, 7) is 15.8. The van der Waals surface area contributed by atoms with Crippen molar-refractivity contribution in [3.8, 4) is 0 Å². The number of rotatable bonds is 24. The van der Waals surface area contributed by atoms with Crippen LogP contribution in [0.25, 0.3) is 0 Å². The number of carbonyl (C=O) groups is 6. The third kappa shape index (κ3) is 16.0. The van der Waals surface area contributed by atoms with Gasteiger partial charge in [-0.1, -0.05) is 67.5 Å². The number of aldehydes is 2. The second kappa shape index (κ2) is 22.6. The molecular formula is C37H68N6O6. The molecule has 0 fully saturated rings. The van der Waals surface area contributed by atoms with Crippen LogP contribution in [0.5, 0.6) is 0 Å². The van der Waals surface area contributed by atoms with Crippen LogP contribution in [-0.4, -0.2) is 128 Å². The molecule has 0 aliphatic carbocycles. The van der Waals surface area contributed by atoms with Crippen molar-refractivity contribution in [3.63, 3.8) is 0 Å². The third-order valence-electron chi connectivity index (χ3n) is 8.79. The minimum absolute atomic E-state index is 0.00693. The van der Waals surface area contributed by atoms with Gasteiger partial charge in [0.15, 0.2) is 11.9 Å². The molecule has 0 saturated heterocycles. The van der Waals surface area contributed by atoms with Crippen LogP contribution in [0.15, 0.2) is 12.2 Å². The van der Waals surface area contributed by atoms with Gasteiger partial charge in [-0.3, -0.25) is 29.3 Å². The van der Waals surface area contributed by atoms with Crippen molar-refractivity contribution in [2.24, 2.45) is 23.7 Å². The molecule has 12 nitrogen and oxygen atoms in total. The number of hydrogen-bond acceptors (Lipinski definition) is 8. The normalized spacial score (nSPS) is 15.5. The van der Waals surface area contributed by atoms with Gasteiger partial charge in [-0.25, -0.2) is 0 Å². The summed E-state index contributed by atoms with van der Waals surface area (Å²) in [4.78, 5) is 84.5. The fraction of sp³-hybridized carbons (Fsp3) is 0.784. The minimum Gasteiger partial charge on any atom is -0.343 e. The molecule has 0 radical (unpaired) electrons. The summed E-state index contributed by atoms with van der Waals surface area (Å²) in [5.74, 6) is -1.23. The molecule has 0 saturated carbocycles. The summed E-state index contributed by atoms with van der Waals surface area (Å²) in [7, 11) is 8.61. The number of likely N-dealkylation sites (N-methyl/N-ethyl adjacent to an activating group) is 4. The first-order valence-corrected chi connectivity index (χ1v) is 17.8. The van der Waals surface area contributed by atoms with Crippen LogP contribution >= 0.6 is 0 Å². The fourth-order valence-electron chi connectivity index (χ4n) is 5.55. The average molecular weight is 693 g/mol.